The summed E-state index contributed by atoms with van der Waals surface area (Å²) in [4.78, 5) is 0. The average Bonchev–Trinajstić information content (AvgIpc) is 2.45. The Morgan fingerprint density at radius 2 is 1.76 bits per heavy atom. The minimum Gasteiger partial charge on any atom is -0.493 e. The molecule has 0 saturated heterocycles. The summed E-state index contributed by atoms with van der Waals surface area (Å²) in [5.74, 6) is 1.48. The van der Waals surface area contributed by atoms with Gasteiger partial charge in [-0.3, -0.25) is 0 Å². The van der Waals surface area contributed by atoms with E-state index in [-0.39, 0.29) is 6.04 Å². The van der Waals surface area contributed by atoms with Gasteiger partial charge in [0, 0.05) is 16.2 Å². The Bertz CT molecular complexity index is 566. The van der Waals surface area contributed by atoms with E-state index in [9.17, 15) is 0 Å². The van der Waals surface area contributed by atoms with Gasteiger partial charge in [-0.2, -0.15) is 0 Å². The summed E-state index contributed by atoms with van der Waals surface area (Å²) in [6.45, 7) is 7.22. The summed E-state index contributed by atoms with van der Waals surface area (Å²) < 4.78 is 6.79. The van der Waals surface area contributed by atoms with E-state index >= 15 is 0 Å². The standard InChI is InChI=1S/C18H22BrNO/c1-13(2)12-21-18-9-7-15(8-10-18)14(3)20-17-6-4-5-16(19)11-17/h4-11,13-14,20H,12H2,1-3H3. The van der Waals surface area contributed by atoms with Crippen molar-refractivity contribution in [3.63, 3.8) is 0 Å². The highest BCUT2D eigenvalue weighted by Crippen LogP contribution is 2.23. The molecule has 3 heteroatoms. The van der Waals surface area contributed by atoms with Crippen LogP contribution in [0.1, 0.15) is 32.4 Å². The zero-order valence-electron chi connectivity index (χ0n) is 12.8. The van der Waals surface area contributed by atoms with Gasteiger partial charge < -0.3 is 10.1 Å². The monoisotopic (exact) mass is 347 g/mol. The minimum atomic E-state index is 0.249. The fraction of sp³-hybridized carbons (Fsp3) is 0.333. The van der Waals surface area contributed by atoms with Crippen LogP contribution in [-0.2, 0) is 0 Å². The van der Waals surface area contributed by atoms with Crippen molar-refractivity contribution in [2.45, 2.75) is 26.8 Å². The Kier molecular flexibility index (Phi) is 5.68. The first-order chi connectivity index (χ1) is 10.0. The number of hydrogen-bond donors (Lipinski definition) is 1. The van der Waals surface area contributed by atoms with Crippen molar-refractivity contribution >= 4 is 21.6 Å². The third kappa shape index (κ3) is 5.09. The van der Waals surface area contributed by atoms with Crippen molar-refractivity contribution in [3.8, 4) is 5.75 Å². The first-order valence-corrected chi connectivity index (χ1v) is 8.09. The van der Waals surface area contributed by atoms with Crippen LogP contribution in [0, 0.1) is 5.92 Å². The Balaban J connectivity index is 1.97. The molecule has 2 nitrogen and oxygen atoms in total. The molecule has 1 unspecified atom stereocenters. The zero-order valence-corrected chi connectivity index (χ0v) is 14.4. The molecule has 0 heterocycles. The van der Waals surface area contributed by atoms with Crippen LogP contribution in [0.3, 0.4) is 0 Å². The molecule has 0 aliphatic carbocycles. The molecule has 2 aromatic rings. The van der Waals surface area contributed by atoms with Crippen LogP contribution in [0.2, 0.25) is 0 Å². The fourth-order valence-corrected chi connectivity index (χ4v) is 2.43. The van der Waals surface area contributed by atoms with Gasteiger partial charge in [-0.05, 0) is 48.7 Å². The van der Waals surface area contributed by atoms with Crippen molar-refractivity contribution in [2.24, 2.45) is 5.92 Å². The van der Waals surface area contributed by atoms with Gasteiger partial charge >= 0.3 is 0 Å². The van der Waals surface area contributed by atoms with E-state index in [4.69, 9.17) is 4.74 Å². The number of anilines is 1. The van der Waals surface area contributed by atoms with Gasteiger partial charge in [-0.25, -0.2) is 0 Å². The molecule has 0 bridgehead atoms. The molecule has 2 aromatic carbocycles. The highest BCUT2D eigenvalue weighted by molar-refractivity contribution is 9.10. The van der Waals surface area contributed by atoms with Gasteiger partial charge in [-0.15, -0.1) is 0 Å². The van der Waals surface area contributed by atoms with Crippen molar-refractivity contribution in [3.05, 3.63) is 58.6 Å². The second-order valence-corrected chi connectivity index (χ2v) is 6.57. The fourth-order valence-electron chi connectivity index (χ4n) is 2.03. The molecule has 0 fully saturated rings. The van der Waals surface area contributed by atoms with E-state index in [0.29, 0.717) is 5.92 Å². The van der Waals surface area contributed by atoms with E-state index in [0.717, 1.165) is 22.5 Å². The predicted octanol–water partition coefficient (Wildman–Crippen LogP) is 5.66. The molecule has 0 radical (unpaired) electrons. The molecule has 0 spiro atoms. The summed E-state index contributed by atoms with van der Waals surface area (Å²) in [6.07, 6.45) is 0. The SMILES string of the molecule is CC(C)COc1ccc(C(C)Nc2cccc(Br)c2)cc1. The first-order valence-electron chi connectivity index (χ1n) is 7.29. The smallest absolute Gasteiger partial charge is 0.119 e. The Morgan fingerprint density at radius 3 is 2.38 bits per heavy atom. The molecule has 0 aliphatic rings. The maximum atomic E-state index is 5.71. The van der Waals surface area contributed by atoms with Crippen molar-refractivity contribution in [1.82, 2.24) is 0 Å². The predicted molar refractivity (Wildman–Crippen MR) is 93.0 cm³/mol. The lowest BCUT2D eigenvalue weighted by Gasteiger charge is -2.16. The van der Waals surface area contributed by atoms with E-state index < -0.39 is 0 Å². The van der Waals surface area contributed by atoms with Crippen LogP contribution < -0.4 is 10.1 Å². The number of halogens is 1. The van der Waals surface area contributed by atoms with Gasteiger partial charge in [0.25, 0.3) is 0 Å². The maximum Gasteiger partial charge on any atom is 0.119 e. The Labute approximate surface area is 135 Å². The topological polar surface area (TPSA) is 21.3 Å². The van der Waals surface area contributed by atoms with Crippen LogP contribution in [-0.4, -0.2) is 6.61 Å². The van der Waals surface area contributed by atoms with Crippen LogP contribution in [0.15, 0.2) is 53.0 Å². The lowest BCUT2D eigenvalue weighted by molar-refractivity contribution is 0.271. The minimum absolute atomic E-state index is 0.249. The number of rotatable bonds is 6. The quantitative estimate of drug-likeness (QED) is 0.728. The van der Waals surface area contributed by atoms with Gasteiger partial charge in [0.1, 0.15) is 5.75 Å². The summed E-state index contributed by atoms with van der Waals surface area (Å²) >= 11 is 3.49. The number of benzene rings is 2. The third-order valence-corrected chi connectivity index (χ3v) is 3.66. The molecule has 0 saturated carbocycles. The van der Waals surface area contributed by atoms with Gasteiger partial charge in [0.15, 0.2) is 0 Å². The van der Waals surface area contributed by atoms with Crippen molar-refractivity contribution in [2.75, 3.05) is 11.9 Å². The van der Waals surface area contributed by atoms with Crippen molar-refractivity contribution in [1.29, 1.82) is 0 Å². The summed E-state index contributed by atoms with van der Waals surface area (Å²) in [5, 5.41) is 3.50. The Morgan fingerprint density at radius 1 is 1.05 bits per heavy atom. The number of ether oxygens (including phenoxy) is 1. The van der Waals surface area contributed by atoms with Crippen LogP contribution in [0.4, 0.5) is 5.69 Å². The molecule has 0 aromatic heterocycles. The molecule has 0 aliphatic heterocycles. The van der Waals surface area contributed by atoms with Crippen LogP contribution in [0.5, 0.6) is 5.75 Å². The lowest BCUT2D eigenvalue weighted by Crippen LogP contribution is -2.07. The van der Waals surface area contributed by atoms with Crippen LogP contribution >= 0.6 is 15.9 Å². The number of nitrogens with one attached hydrogen (secondary N) is 1. The second kappa shape index (κ2) is 7.51. The van der Waals surface area contributed by atoms with E-state index in [2.05, 4.69) is 66.3 Å². The third-order valence-electron chi connectivity index (χ3n) is 3.17. The lowest BCUT2D eigenvalue weighted by atomic mass is 10.1. The van der Waals surface area contributed by atoms with E-state index in [1.807, 2.05) is 24.3 Å². The summed E-state index contributed by atoms with van der Waals surface area (Å²) in [7, 11) is 0. The van der Waals surface area contributed by atoms with E-state index in [1.165, 1.54) is 5.56 Å². The summed E-state index contributed by atoms with van der Waals surface area (Å²) in [6, 6.07) is 16.8. The van der Waals surface area contributed by atoms with Gasteiger partial charge in [0.2, 0.25) is 0 Å². The highest BCUT2D eigenvalue weighted by atomic mass is 79.9. The molecule has 1 N–H and O–H groups in total. The molecule has 1 atom stereocenters. The van der Waals surface area contributed by atoms with Gasteiger partial charge in [-0.1, -0.05) is 48.0 Å². The maximum absolute atomic E-state index is 5.71. The largest absolute Gasteiger partial charge is 0.493 e. The second-order valence-electron chi connectivity index (χ2n) is 5.65. The summed E-state index contributed by atoms with van der Waals surface area (Å²) in [5.41, 5.74) is 2.35. The molecule has 2 rings (SSSR count). The Hall–Kier alpha value is -1.48. The van der Waals surface area contributed by atoms with Crippen molar-refractivity contribution < 1.29 is 4.74 Å². The first kappa shape index (κ1) is 15.9. The molecule has 21 heavy (non-hydrogen) atoms. The normalized spacial score (nSPS) is 12.2. The molecule has 112 valence electrons. The molecule has 0 amide bonds. The van der Waals surface area contributed by atoms with Gasteiger partial charge in [0.05, 0.1) is 6.61 Å². The van der Waals surface area contributed by atoms with Crippen LogP contribution in [0.25, 0.3) is 0 Å². The highest BCUT2D eigenvalue weighted by Gasteiger charge is 2.06. The average molecular weight is 348 g/mol. The zero-order chi connectivity index (χ0) is 15.2. The molecular weight excluding hydrogens is 326 g/mol. The number of hydrogen-bond acceptors (Lipinski definition) is 2. The molecular formula is C18H22BrNO. The van der Waals surface area contributed by atoms with E-state index in [1.54, 1.807) is 0 Å².